The van der Waals surface area contributed by atoms with Crippen LogP contribution in [0, 0.1) is 5.92 Å². The van der Waals surface area contributed by atoms with E-state index in [0.717, 1.165) is 47.1 Å². The highest BCUT2D eigenvalue weighted by molar-refractivity contribution is 6.13. The van der Waals surface area contributed by atoms with Gasteiger partial charge in [0.1, 0.15) is 0 Å². The van der Waals surface area contributed by atoms with Crippen LogP contribution in [0.15, 0.2) is 78.9 Å². The number of halogens is 1. The van der Waals surface area contributed by atoms with Crippen LogP contribution >= 0.6 is 12.4 Å². The summed E-state index contributed by atoms with van der Waals surface area (Å²) in [6.45, 7) is 3.50. The van der Waals surface area contributed by atoms with Gasteiger partial charge in [-0.2, -0.15) is 0 Å². The highest BCUT2D eigenvalue weighted by atomic mass is 35.5. The fourth-order valence-electron chi connectivity index (χ4n) is 5.28. The van der Waals surface area contributed by atoms with Crippen molar-refractivity contribution in [1.29, 1.82) is 0 Å². The molecule has 1 saturated heterocycles. The van der Waals surface area contributed by atoms with Gasteiger partial charge in [-0.3, -0.25) is 9.36 Å². The molecule has 4 aromatic rings. The molecular weight excluding hydrogens is 428 g/mol. The highest BCUT2D eigenvalue weighted by Gasteiger charge is 2.19. The third-order valence-corrected chi connectivity index (χ3v) is 7.02. The zero-order valence-electron chi connectivity index (χ0n) is 19.2. The predicted molar refractivity (Wildman–Crippen MR) is 140 cm³/mol. The molecule has 0 atom stereocenters. The Morgan fingerprint density at radius 3 is 1.97 bits per heavy atom. The summed E-state index contributed by atoms with van der Waals surface area (Å²) in [5.41, 5.74) is 3.52. The molecule has 0 amide bonds. The number of carbonyl (C=O) groups excluding carboxylic acids is 1. The van der Waals surface area contributed by atoms with Gasteiger partial charge in [-0.1, -0.05) is 66.7 Å². The smallest absolute Gasteiger partial charge is 0.231 e. The van der Waals surface area contributed by atoms with Crippen LogP contribution in [-0.2, 0) is 6.42 Å². The first-order valence-electron chi connectivity index (χ1n) is 12.1. The monoisotopic (exact) mass is 460 g/mol. The third-order valence-electron chi connectivity index (χ3n) is 7.02. The summed E-state index contributed by atoms with van der Waals surface area (Å²) < 4.78 is 1.93. The summed E-state index contributed by atoms with van der Waals surface area (Å²) in [5, 5.41) is 2.32. The number of carbonyl (C=O) groups is 1. The molecule has 0 radical (unpaired) electrons. The second kappa shape index (κ2) is 11.0. The quantitative estimate of drug-likeness (QED) is 0.278. The number of hydrogen-bond acceptors (Lipinski definition) is 2. The zero-order chi connectivity index (χ0) is 21.8. The Labute approximate surface area is 202 Å². The van der Waals surface area contributed by atoms with Crippen molar-refractivity contribution in [3.8, 4) is 0 Å². The van der Waals surface area contributed by atoms with Gasteiger partial charge in [-0.05, 0) is 75.4 Å². The molecule has 3 aromatic carbocycles. The molecular formula is C29H33ClN2O. The topological polar surface area (TPSA) is 25.2 Å². The summed E-state index contributed by atoms with van der Waals surface area (Å²) >= 11 is 0. The van der Waals surface area contributed by atoms with Crippen molar-refractivity contribution in [2.24, 2.45) is 5.92 Å². The van der Waals surface area contributed by atoms with Gasteiger partial charge in [0.15, 0.2) is 0 Å². The molecule has 1 aliphatic rings. The van der Waals surface area contributed by atoms with Crippen molar-refractivity contribution in [3.05, 3.63) is 84.4 Å². The lowest BCUT2D eigenvalue weighted by atomic mass is 9.90. The number of likely N-dealkylation sites (tertiary alicyclic amines) is 1. The van der Waals surface area contributed by atoms with Crippen molar-refractivity contribution >= 4 is 40.1 Å². The van der Waals surface area contributed by atoms with E-state index in [1.165, 1.54) is 37.9 Å². The Hall–Kier alpha value is -2.62. The highest BCUT2D eigenvalue weighted by Crippen LogP contribution is 2.29. The molecule has 2 heterocycles. The van der Waals surface area contributed by atoms with Gasteiger partial charge in [0, 0.05) is 17.2 Å². The average Bonchev–Trinajstić information content (AvgIpc) is 3.18. The van der Waals surface area contributed by atoms with E-state index in [9.17, 15) is 4.79 Å². The van der Waals surface area contributed by atoms with E-state index >= 15 is 0 Å². The largest absolute Gasteiger partial charge is 0.303 e. The molecule has 1 aliphatic heterocycles. The number of piperidine rings is 1. The number of rotatable bonds is 7. The van der Waals surface area contributed by atoms with Gasteiger partial charge in [0.2, 0.25) is 5.91 Å². The lowest BCUT2D eigenvalue weighted by molar-refractivity contribution is 0.0907. The van der Waals surface area contributed by atoms with Crippen LogP contribution in [-0.4, -0.2) is 35.0 Å². The van der Waals surface area contributed by atoms with E-state index in [4.69, 9.17) is 0 Å². The number of benzene rings is 3. The Morgan fingerprint density at radius 2 is 1.33 bits per heavy atom. The van der Waals surface area contributed by atoms with Crippen LogP contribution in [0.1, 0.15) is 42.5 Å². The van der Waals surface area contributed by atoms with Crippen LogP contribution in [0.25, 0.3) is 21.8 Å². The summed E-state index contributed by atoms with van der Waals surface area (Å²) in [6.07, 6.45) is 6.43. The van der Waals surface area contributed by atoms with Crippen molar-refractivity contribution in [1.82, 2.24) is 9.47 Å². The summed E-state index contributed by atoms with van der Waals surface area (Å²) in [5.74, 6) is 1.02. The minimum absolute atomic E-state index is 0. The maximum Gasteiger partial charge on any atom is 0.231 e. The molecule has 5 rings (SSSR count). The molecule has 3 nitrogen and oxygen atoms in total. The molecule has 0 N–H and O–H groups in total. The molecule has 4 heteroatoms. The van der Waals surface area contributed by atoms with E-state index in [1.54, 1.807) is 0 Å². The molecule has 33 heavy (non-hydrogen) atoms. The van der Waals surface area contributed by atoms with Crippen LogP contribution < -0.4 is 0 Å². The second-order valence-electron chi connectivity index (χ2n) is 9.20. The number of aromatic nitrogens is 1. The molecule has 0 unspecified atom stereocenters. The van der Waals surface area contributed by atoms with E-state index in [1.807, 2.05) is 28.8 Å². The molecule has 1 aromatic heterocycles. The normalized spacial score (nSPS) is 15.0. The Balaban J connectivity index is 0.00000259. The first kappa shape index (κ1) is 23.5. The van der Waals surface area contributed by atoms with Crippen LogP contribution in [0.2, 0.25) is 0 Å². The SMILES string of the molecule is Cl.O=C(CCCCN1CCC(Cc2ccccc2)CC1)n1c2ccccc2c2ccccc21. The van der Waals surface area contributed by atoms with E-state index < -0.39 is 0 Å². The zero-order valence-corrected chi connectivity index (χ0v) is 20.0. The minimum atomic E-state index is 0. The van der Waals surface area contributed by atoms with Crippen molar-refractivity contribution < 1.29 is 4.79 Å². The standard InChI is InChI=1S/C29H32N2O.ClH/c32-29(31-27-14-6-4-12-25(27)26-13-5-7-15-28(26)31)16-8-9-19-30-20-17-24(18-21-30)22-23-10-2-1-3-11-23;/h1-7,10-15,24H,8-9,16-22H2;1H. The number of fused-ring (bicyclic) bond motifs is 3. The van der Waals surface area contributed by atoms with Crippen molar-refractivity contribution in [2.75, 3.05) is 19.6 Å². The number of unbranched alkanes of at least 4 members (excludes halogenated alkanes) is 1. The Bertz CT molecular complexity index is 1140. The fraction of sp³-hybridized carbons (Fsp3) is 0.345. The van der Waals surface area contributed by atoms with Gasteiger partial charge in [-0.15, -0.1) is 12.4 Å². The molecule has 0 saturated carbocycles. The van der Waals surface area contributed by atoms with Gasteiger partial charge < -0.3 is 4.90 Å². The molecule has 0 bridgehead atoms. The van der Waals surface area contributed by atoms with E-state index in [-0.39, 0.29) is 18.3 Å². The van der Waals surface area contributed by atoms with Gasteiger partial charge in [0.25, 0.3) is 0 Å². The second-order valence-corrected chi connectivity index (χ2v) is 9.20. The molecule has 1 fully saturated rings. The number of hydrogen-bond donors (Lipinski definition) is 0. The maximum absolute atomic E-state index is 13.2. The Kier molecular flexibility index (Phi) is 7.85. The van der Waals surface area contributed by atoms with Crippen LogP contribution in [0.5, 0.6) is 0 Å². The molecule has 0 spiro atoms. The first-order valence-corrected chi connectivity index (χ1v) is 12.1. The minimum Gasteiger partial charge on any atom is -0.303 e. The number of para-hydroxylation sites is 2. The average molecular weight is 461 g/mol. The lowest BCUT2D eigenvalue weighted by Gasteiger charge is -2.32. The maximum atomic E-state index is 13.2. The summed E-state index contributed by atoms with van der Waals surface area (Å²) in [4.78, 5) is 15.7. The van der Waals surface area contributed by atoms with Gasteiger partial charge in [-0.25, -0.2) is 0 Å². The lowest BCUT2D eigenvalue weighted by Crippen LogP contribution is -2.35. The van der Waals surface area contributed by atoms with Crippen molar-refractivity contribution in [2.45, 2.75) is 38.5 Å². The van der Waals surface area contributed by atoms with Crippen LogP contribution in [0.4, 0.5) is 0 Å². The summed E-state index contributed by atoms with van der Waals surface area (Å²) in [6, 6.07) is 27.4. The van der Waals surface area contributed by atoms with E-state index in [2.05, 4.69) is 59.5 Å². The molecule has 172 valence electrons. The predicted octanol–water partition coefficient (Wildman–Crippen LogP) is 6.98. The van der Waals surface area contributed by atoms with Crippen LogP contribution in [0.3, 0.4) is 0 Å². The Morgan fingerprint density at radius 1 is 0.758 bits per heavy atom. The van der Waals surface area contributed by atoms with E-state index in [0.29, 0.717) is 6.42 Å². The molecule has 0 aliphatic carbocycles. The van der Waals surface area contributed by atoms with Gasteiger partial charge >= 0.3 is 0 Å². The fourth-order valence-corrected chi connectivity index (χ4v) is 5.28. The third kappa shape index (κ3) is 5.31. The summed E-state index contributed by atoms with van der Waals surface area (Å²) in [7, 11) is 0. The first-order chi connectivity index (χ1) is 15.8. The van der Waals surface area contributed by atoms with Crippen molar-refractivity contribution in [3.63, 3.8) is 0 Å². The number of nitrogens with zero attached hydrogens (tertiary/aromatic N) is 2. The van der Waals surface area contributed by atoms with Gasteiger partial charge in [0.05, 0.1) is 11.0 Å².